The van der Waals surface area contributed by atoms with Crippen molar-refractivity contribution < 1.29 is 0 Å². The van der Waals surface area contributed by atoms with Gasteiger partial charge in [-0.05, 0) is 53.4 Å². The topological polar surface area (TPSA) is 22.2 Å². The van der Waals surface area contributed by atoms with Gasteiger partial charge in [0.1, 0.15) is 10.6 Å². The van der Waals surface area contributed by atoms with Gasteiger partial charge in [0.25, 0.3) is 0 Å². The van der Waals surface area contributed by atoms with Crippen LogP contribution in [-0.2, 0) is 0 Å². The maximum absolute atomic E-state index is 4.66. The Morgan fingerprint density at radius 2 is 1.23 bits per heavy atom. The maximum Gasteiger partial charge on any atom is 0.145 e. The molecule has 0 saturated heterocycles. The van der Waals surface area contributed by atoms with Crippen molar-refractivity contribution in [3.8, 4) is 15.4 Å². The van der Waals surface area contributed by atoms with Crippen LogP contribution in [0.25, 0.3) is 64.6 Å². The Hall–Kier alpha value is -4.41. The van der Waals surface area contributed by atoms with Crippen molar-refractivity contribution in [1.29, 1.82) is 0 Å². The van der Waals surface area contributed by atoms with Gasteiger partial charge in [-0.2, -0.15) is 0 Å². The molecule has 0 amide bonds. The summed E-state index contributed by atoms with van der Waals surface area (Å²) in [5.41, 5.74) is 5.90. The molecule has 0 saturated carbocycles. The van der Waals surface area contributed by atoms with Crippen LogP contribution in [0.4, 0.5) is 0 Å². The molecule has 0 spiro atoms. The highest BCUT2D eigenvalue weighted by Crippen LogP contribution is 2.39. The van der Waals surface area contributed by atoms with Crippen LogP contribution in [0.15, 0.2) is 116 Å². The zero-order valence-electron chi connectivity index (χ0n) is 18.7. The van der Waals surface area contributed by atoms with Crippen molar-refractivity contribution in [3.05, 3.63) is 116 Å². The molecule has 0 unspecified atom stereocenters. The predicted molar refractivity (Wildman–Crippen MR) is 148 cm³/mol. The average molecular weight is 466 g/mol. The van der Waals surface area contributed by atoms with Gasteiger partial charge in [0.05, 0.1) is 16.6 Å². The number of thiophene rings is 1. The quantitative estimate of drug-likeness (QED) is 0.235. The molecular formula is C31H19N3S. The molecule has 0 fully saturated rings. The number of nitrogens with zero attached hydrogens (tertiary/aromatic N) is 3. The van der Waals surface area contributed by atoms with Crippen LogP contribution >= 0.6 is 11.3 Å². The second kappa shape index (κ2) is 7.05. The molecule has 0 aliphatic carbocycles. The lowest BCUT2D eigenvalue weighted by Crippen LogP contribution is -1.90. The third-order valence-electron chi connectivity index (χ3n) is 7.03. The minimum absolute atomic E-state index is 1.00. The smallest absolute Gasteiger partial charge is 0.145 e. The number of imidazole rings is 1. The van der Waals surface area contributed by atoms with Crippen LogP contribution < -0.4 is 0 Å². The van der Waals surface area contributed by atoms with Crippen LogP contribution in [-0.4, -0.2) is 14.0 Å². The maximum atomic E-state index is 4.66. The summed E-state index contributed by atoms with van der Waals surface area (Å²) in [5, 5.41) is 7.47. The molecule has 8 rings (SSSR count). The van der Waals surface area contributed by atoms with E-state index in [1.54, 1.807) is 0 Å². The Morgan fingerprint density at radius 3 is 1.97 bits per heavy atom. The van der Waals surface area contributed by atoms with E-state index >= 15 is 0 Å². The van der Waals surface area contributed by atoms with Crippen LogP contribution in [0.2, 0.25) is 0 Å². The Labute approximate surface area is 205 Å². The molecule has 0 aliphatic heterocycles. The summed E-state index contributed by atoms with van der Waals surface area (Å²) in [7, 11) is 0. The van der Waals surface area contributed by atoms with Gasteiger partial charge in [0.15, 0.2) is 0 Å². The van der Waals surface area contributed by atoms with E-state index in [-0.39, 0.29) is 0 Å². The zero-order chi connectivity index (χ0) is 22.9. The molecule has 4 heterocycles. The highest BCUT2D eigenvalue weighted by atomic mass is 32.1. The molecule has 0 bridgehead atoms. The van der Waals surface area contributed by atoms with Crippen molar-refractivity contribution in [1.82, 2.24) is 14.0 Å². The molecule has 0 radical (unpaired) electrons. The molecule has 0 aliphatic rings. The Balaban J connectivity index is 1.36. The van der Waals surface area contributed by atoms with Gasteiger partial charge in [-0.3, -0.25) is 4.40 Å². The zero-order valence-corrected chi connectivity index (χ0v) is 19.5. The van der Waals surface area contributed by atoms with Crippen molar-refractivity contribution in [2.75, 3.05) is 0 Å². The number of para-hydroxylation sites is 3. The second-order valence-electron chi connectivity index (χ2n) is 8.91. The fraction of sp³-hybridized carbons (Fsp3) is 0. The van der Waals surface area contributed by atoms with Crippen LogP contribution in [0.5, 0.6) is 0 Å². The summed E-state index contributed by atoms with van der Waals surface area (Å²) in [6.07, 6.45) is 3.93. The Kier molecular flexibility index (Phi) is 3.82. The van der Waals surface area contributed by atoms with Crippen molar-refractivity contribution >= 4 is 60.5 Å². The van der Waals surface area contributed by atoms with Crippen LogP contribution in [0, 0.1) is 0 Å². The fourth-order valence-corrected chi connectivity index (χ4v) is 6.52. The molecule has 0 atom stereocenters. The van der Waals surface area contributed by atoms with E-state index in [4.69, 9.17) is 0 Å². The van der Waals surface area contributed by atoms with E-state index in [0.29, 0.717) is 0 Å². The van der Waals surface area contributed by atoms with Crippen LogP contribution in [0.1, 0.15) is 0 Å². The fourth-order valence-electron chi connectivity index (χ4n) is 5.49. The lowest BCUT2D eigenvalue weighted by atomic mass is 10.0. The first-order valence-corrected chi connectivity index (χ1v) is 12.5. The monoisotopic (exact) mass is 465 g/mol. The van der Waals surface area contributed by atoms with Gasteiger partial charge >= 0.3 is 0 Å². The van der Waals surface area contributed by atoms with E-state index in [1.165, 1.54) is 58.9 Å². The minimum Gasteiger partial charge on any atom is -0.301 e. The lowest BCUT2D eigenvalue weighted by Gasteiger charge is -2.09. The highest BCUT2D eigenvalue weighted by molar-refractivity contribution is 7.18. The number of hydrogen-bond acceptors (Lipinski definition) is 2. The third-order valence-corrected chi connectivity index (χ3v) is 8.15. The summed E-state index contributed by atoms with van der Waals surface area (Å²) in [6, 6.07) is 37.2. The molecule has 4 aromatic heterocycles. The van der Waals surface area contributed by atoms with E-state index in [2.05, 4.69) is 117 Å². The number of hydrogen-bond donors (Lipinski definition) is 0. The summed E-state index contributed by atoms with van der Waals surface area (Å²) in [6.45, 7) is 0. The van der Waals surface area contributed by atoms with Crippen molar-refractivity contribution in [2.45, 2.75) is 0 Å². The molecule has 8 aromatic rings. The molecule has 4 aromatic carbocycles. The summed E-state index contributed by atoms with van der Waals surface area (Å²) >= 11 is 1.83. The lowest BCUT2D eigenvalue weighted by molar-refractivity contribution is 1.22. The summed E-state index contributed by atoms with van der Waals surface area (Å²) < 4.78 is 4.58. The van der Waals surface area contributed by atoms with Gasteiger partial charge in [0.2, 0.25) is 0 Å². The number of pyridine rings is 1. The third kappa shape index (κ3) is 2.63. The van der Waals surface area contributed by atoms with E-state index in [9.17, 15) is 0 Å². The molecule has 164 valence electrons. The molecule has 3 nitrogen and oxygen atoms in total. The number of rotatable bonds is 2. The number of fused-ring (bicyclic) bond motifs is 9. The second-order valence-corrected chi connectivity index (χ2v) is 9.97. The Bertz CT molecular complexity index is 2020. The first kappa shape index (κ1) is 19.0. The van der Waals surface area contributed by atoms with E-state index < -0.39 is 0 Å². The minimum atomic E-state index is 1.00. The van der Waals surface area contributed by atoms with Gasteiger partial charge in [-0.25, -0.2) is 4.98 Å². The van der Waals surface area contributed by atoms with Gasteiger partial charge in [-0.15, -0.1) is 11.3 Å². The Morgan fingerprint density at radius 1 is 0.571 bits per heavy atom. The number of benzene rings is 4. The highest BCUT2D eigenvalue weighted by Gasteiger charge is 2.15. The largest absolute Gasteiger partial charge is 0.301 e. The SMILES string of the molecule is c1ccc2c(c1)c1ccccc1n2-c1ccc(-c2ccc3c(c2)c2ccccc2n2ccnc32)s1. The first-order chi connectivity index (χ1) is 17.4. The standard InChI is InChI=1S/C31H19N3S/c1-4-10-26-23(9-1)25-19-20(13-14-24(25)31-32-17-18-33(26)31)29-15-16-30(35-29)34-27-11-5-2-7-21(27)22-8-3-6-12-28(22)34/h1-19H. The van der Waals surface area contributed by atoms with Gasteiger partial charge in [-0.1, -0.05) is 60.7 Å². The van der Waals surface area contributed by atoms with Crippen molar-refractivity contribution in [2.24, 2.45) is 0 Å². The molecule has 35 heavy (non-hydrogen) atoms. The number of aromatic nitrogens is 3. The predicted octanol–water partition coefficient (Wildman–Crippen LogP) is 8.47. The average Bonchev–Trinajstić information content (AvgIpc) is 3.66. The summed E-state index contributed by atoms with van der Waals surface area (Å²) in [5.74, 6) is 0. The molecular weight excluding hydrogens is 446 g/mol. The van der Waals surface area contributed by atoms with Gasteiger partial charge in [0, 0.05) is 38.8 Å². The molecule has 4 heteroatoms. The normalized spacial score (nSPS) is 12.0. The molecule has 0 N–H and O–H groups in total. The summed E-state index contributed by atoms with van der Waals surface area (Å²) in [4.78, 5) is 5.92. The first-order valence-electron chi connectivity index (χ1n) is 11.7. The van der Waals surface area contributed by atoms with E-state index in [0.717, 1.165) is 5.65 Å². The van der Waals surface area contributed by atoms with Crippen molar-refractivity contribution in [3.63, 3.8) is 0 Å². The van der Waals surface area contributed by atoms with Gasteiger partial charge < -0.3 is 4.57 Å². The van der Waals surface area contributed by atoms with E-state index in [1.807, 2.05) is 23.7 Å². The van der Waals surface area contributed by atoms with Crippen LogP contribution in [0.3, 0.4) is 0 Å².